The molecular formula is C23H33N5OS. The highest BCUT2D eigenvalue weighted by atomic mass is 32.2. The number of rotatable bonds is 7. The number of amides is 1. The lowest BCUT2D eigenvalue weighted by Gasteiger charge is -2.39. The van der Waals surface area contributed by atoms with Crippen LogP contribution in [0.1, 0.15) is 57.3 Å². The fraction of sp³-hybridized carbons (Fsp3) is 0.609. The van der Waals surface area contributed by atoms with Crippen LogP contribution in [0.15, 0.2) is 35.5 Å². The first-order chi connectivity index (χ1) is 14.6. The molecule has 2 fully saturated rings. The number of carbonyl (C=O) groups is 1. The number of aromatic nitrogens is 3. The third-order valence-corrected chi connectivity index (χ3v) is 7.30. The minimum atomic E-state index is 0.218. The minimum Gasteiger partial charge on any atom is -0.337 e. The van der Waals surface area contributed by atoms with Crippen molar-refractivity contribution in [3.63, 3.8) is 0 Å². The molecule has 4 rings (SSSR count). The van der Waals surface area contributed by atoms with Crippen LogP contribution in [0.3, 0.4) is 0 Å². The predicted molar refractivity (Wildman–Crippen MR) is 120 cm³/mol. The van der Waals surface area contributed by atoms with Gasteiger partial charge in [-0.2, -0.15) is 0 Å². The molecular weight excluding hydrogens is 394 g/mol. The molecule has 2 aromatic rings. The third kappa shape index (κ3) is 5.06. The first-order valence-electron chi connectivity index (χ1n) is 11.2. The van der Waals surface area contributed by atoms with Crippen LogP contribution in [0.4, 0.5) is 0 Å². The maximum Gasteiger partial charge on any atom is 0.233 e. The predicted octanol–water partition coefficient (Wildman–Crippen LogP) is 3.80. The van der Waals surface area contributed by atoms with E-state index in [1.807, 2.05) is 6.07 Å². The molecule has 2 unspecified atom stereocenters. The normalized spacial score (nSPS) is 22.5. The Bertz CT molecular complexity index is 823. The monoisotopic (exact) mass is 427 g/mol. The molecule has 0 radical (unpaired) electrons. The van der Waals surface area contributed by atoms with Crippen molar-refractivity contribution in [1.29, 1.82) is 0 Å². The first kappa shape index (κ1) is 21.4. The molecule has 30 heavy (non-hydrogen) atoms. The minimum absolute atomic E-state index is 0.218. The number of benzene rings is 1. The maximum absolute atomic E-state index is 13.0. The number of nitrogens with zero attached hydrogens (tertiary/aromatic N) is 5. The summed E-state index contributed by atoms with van der Waals surface area (Å²) in [4.78, 5) is 17.5. The third-order valence-electron chi connectivity index (χ3n) is 6.35. The van der Waals surface area contributed by atoms with Crippen molar-refractivity contribution in [3.8, 4) is 0 Å². The van der Waals surface area contributed by atoms with Crippen molar-refractivity contribution in [2.45, 2.75) is 76.3 Å². The average molecular weight is 428 g/mol. The van der Waals surface area contributed by atoms with E-state index in [0.717, 1.165) is 50.0 Å². The van der Waals surface area contributed by atoms with Crippen LogP contribution in [-0.2, 0) is 17.9 Å². The zero-order valence-corrected chi connectivity index (χ0v) is 19.0. The zero-order chi connectivity index (χ0) is 20.9. The van der Waals surface area contributed by atoms with E-state index in [1.54, 1.807) is 0 Å². The van der Waals surface area contributed by atoms with Gasteiger partial charge < -0.3 is 9.47 Å². The Kier molecular flexibility index (Phi) is 7.10. The quantitative estimate of drug-likeness (QED) is 0.629. The molecule has 1 aromatic heterocycles. The van der Waals surface area contributed by atoms with Crippen molar-refractivity contribution in [1.82, 2.24) is 24.6 Å². The molecule has 162 valence electrons. The Labute approximate surface area is 184 Å². The first-order valence-corrected chi connectivity index (χ1v) is 12.2. The van der Waals surface area contributed by atoms with Crippen LogP contribution < -0.4 is 0 Å². The summed E-state index contributed by atoms with van der Waals surface area (Å²) in [7, 11) is 0. The lowest BCUT2D eigenvalue weighted by Crippen LogP contribution is -2.48. The Morgan fingerprint density at radius 2 is 1.70 bits per heavy atom. The van der Waals surface area contributed by atoms with Crippen molar-refractivity contribution in [2.75, 3.05) is 18.8 Å². The standard InChI is InChI=1S/C23H33N5OS/c1-18-9-8-10-19(2)28(18)22(29)17-30-23-25-24-21(16-26-13-6-7-14-26)27(23)15-20-11-4-3-5-12-20/h3-5,11-12,18-19H,6-10,13-17H2,1-2H3. The van der Waals surface area contributed by atoms with Crippen LogP contribution in [0.5, 0.6) is 0 Å². The van der Waals surface area contributed by atoms with E-state index < -0.39 is 0 Å². The fourth-order valence-corrected chi connectivity index (χ4v) is 5.55. The van der Waals surface area contributed by atoms with Gasteiger partial charge >= 0.3 is 0 Å². The van der Waals surface area contributed by atoms with Gasteiger partial charge in [0.25, 0.3) is 0 Å². The van der Waals surface area contributed by atoms with E-state index in [9.17, 15) is 4.79 Å². The smallest absolute Gasteiger partial charge is 0.233 e. The van der Waals surface area contributed by atoms with Crippen molar-refractivity contribution in [2.24, 2.45) is 0 Å². The second-order valence-corrected chi connectivity index (χ2v) is 9.61. The summed E-state index contributed by atoms with van der Waals surface area (Å²) in [5, 5.41) is 9.86. The highest BCUT2D eigenvalue weighted by Crippen LogP contribution is 2.26. The second-order valence-electron chi connectivity index (χ2n) is 8.67. The number of likely N-dealkylation sites (tertiary alicyclic amines) is 2. The van der Waals surface area contributed by atoms with Gasteiger partial charge in [-0.25, -0.2) is 0 Å². The van der Waals surface area contributed by atoms with Crippen molar-refractivity contribution in [3.05, 3.63) is 41.7 Å². The van der Waals surface area contributed by atoms with E-state index in [-0.39, 0.29) is 5.91 Å². The summed E-state index contributed by atoms with van der Waals surface area (Å²) in [5.41, 5.74) is 1.23. The Hall–Kier alpha value is -1.86. The topological polar surface area (TPSA) is 54.3 Å². The van der Waals surface area contributed by atoms with Gasteiger partial charge in [0.05, 0.1) is 18.8 Å². The van der Waals surface area contributed by atoms with Gasteiger partial charge in [-0.15, -0.1) is 10.2 Å². The molecule has 0 spiro atoms. The van der Waals surface area contributed by atoms with Gasteiger partial charge in [0, 0.05) is 12.1 Å². The molecule has 2 atom stereocenters. The van der Waals surface area contributed by atoms with Gasteiger partial charge in [0.2, 0.25) is 5.91 Å². The Morgan fingerprint density at radius 1 is 1.00 bits per heavy atom. The fourth-order valence-electron chi connectivity index (χ4n) is 4.72. The van der Waals surface area contributed by atoms with Gasteiger partial charge in [0.15, 0.2) is 5.16 Å². The number of thioether (sulfide) groups is 1. The molecule has 2 aliphatic heterocycles. The molecule has 0 saturated carbocycles. The van der Waals surface area contributed by atoms with Crippen LogP contribution in [0.25, 0.3) is 0 Å². The molecule has 1 aromatic carbocycles. The summed E-state index contributed by atoms with van der Waals surface area (Å²) < 4.78 is 2.20. The van der Waals surface area contributed by atoms with E-state index in [1.165, 1.54) is 36.6 Å². The van der Waals surface area contributed by atoms with Crippen molar-refractivity contribution >= 4 is 17.7 Å². The molecule has 3 heterocycles. The molecule has 2 aliphatic rings. The Balaban J connectivity index is 1.48. The zero-order valence-electron chi connectivity index (χ0n) is 18.2. The molecule has 2 saturated heterocycles. The number of hydrogen-bond donors (Lipinski definition) is 0. The number of carbonyl (C=O) groups excluding carboxylic acids is 1. The van der Waals surface area contributed by atoms with E-state index >= 15 is 0 Å². The molecule has 6 nitrogen and oxygen atoms in total. The molecule has 0 aliphatic carbocycles. The summed E-state index contributed by atoms with van der Waals surface area (Å²) in [6.07, 6.45) is 5.94. The van der Waals surface area contributed by atoms with E-state index in [4.69, 9.17) is 0 Å². The summed E-state index contributed by atoms with van der Waals surface area (Å²) in [5.74, 6) is 1.64. The van der Waals surface area contributed by atoms with Gasteiger partial charge in [0.1, 0.15) is 5.82 Å². The van der Waals surface area contributed by atoms with Crippen LogP contribution in [0.2, 0.25) is 0 Å². The van der Waals surface area contributed by atoms with Crippen molar-refractivity contribution < 1.29 is 4.79 Å². The summed E-state index contributed by atoms with van der Waals surface area (Å²) in [6.45, 7) is 8.17. The largest absolute Gasteiger partial charge is 0.337 e. The van der Waals surface area contributed by atoms with Gasteiger partial charge in [-0.05, 0) is 64.6 Å². The highest BCUT2D eigenvalue weighted by molar-refractivity contribution is 7.99. The van der Waals surface area contributed by atoms with Gasteiger partial charge in [-0.3, -0.25) is 9.69 Å². The maximum atomic E-state index is 13.0. The number of hydrogen-bond acceptors (Lipinski definition) is 5. The molecule has 0 N–H and O–H groups in total. The van der Waals surface area contributed by atoms with E-state index in [2.05, 4.69) is 62.7 Å². The average Bonchev–Trinajstić information content (AvgIpc) is 3.38. The highest BCUT2D eigenvalue weighted by Gasteiger charge is 2.29. The molecule has 7 heteroatoms. The lowest BCUT2D eigenvalue weighted by atomic mass is 9.98. The summed E-state index contributed by atoms with van der Waals surface area (Å²) in [6, 6.07) is 11.1. The van der Waals surface area contributed by atoms with Gasteiger partial charge in [-0.1, -0.05) is 42.1 Å². The summed E-state index contributed by atoms with van der Waals surface area (Å²) >= 11 is 1.53. The second kappa shape index (κ2) is 9.96. The number of piperidine rings is 1. The lowest BCUT2D eigenvalue weighted by molar-refractivity contribution is -0.134. The van der Waals surface area contributed by atoms with Crippen LogP contribution in [0, 0.1) is 0 Å². The van der Waals surface area contributed by atoms with Crippen LogP contribution >= 0.6 is 11.8 Å². The molecule has 1 amide bonds. The molecule has 0 bridgehead atoms. The van der Waals surface area contributed by atoms with E-state index in [0.29, 0.717) is 17.8 Å². The SMILES string of the molecule is CC1CCCC(C)N1C(=O)CSc1nnc(CN2CCCC2)n1Cc1ccccc1. The Morgan fingerprint density at radius 3 is 2.40 bits per heavy atom. The van der Waals surface area contributed by atoms with Crippen LogP contribution in [-0.4, -0.2) is 61.4 Å².